The van der Waals surface area contributed by atoms with Crippen LogP contribution in [0.15, 0.2) is 0 Å². The van der Waals surface area contributed by atoms with E-state index in [1.807, 2.05) is 0 Å². The van der Waals surface area contributed by atoms with Crippen molar-refractivity contribution in [1.29, 1.82) is 0 Å². The minimum absolute atomic E-state index is 0. The van der Waals surface area contributed by atoms with Crippen molar-refractivity contribution in [1.82, 2.24) is 0 Å². The molecule has 0 aromatic carbocycles. The first-order chi connectivity index (χ1) is 13.3. The fourth-order valence-electron chi connectivity index (χ4n) is 2.72. The Bertz CT molecular complexity index is 523. The van der Waals surface area contributed by atoms with Gasteiger partial charge in [0.15, 0.2) is 0 Å². The quantitative estimate of drug-likeness (QED) is 0.120. The molecule has 0 N–H and O–H groups in total. The Balaban J connectivity index is 0. The molecule has 0 rings (SSSR count). The number of carboxylic acids is 1. The minimum atomic E-state index is -4.42. The van der Waals surface area contributed by atoms with Crippen LogP contribution in [-0.2, 0) is 28.6 Å². The van der Waals surface area contributed by atoms with Gasteiger partial charge in [0.25, 0.3) is 10.1 Å². The van der Waals surface area contributed by atoms with Crippen LogP contribution in [0.3, 0.4) is 0 Å². The molecule has 0 saturated heterocycles. The van der Waals surface area contributed by atoms with E-state index < -0.39 is 33.7 Å². The molecule has 0 heterocycles. The Morgan fingerprint density at radius 3 is 1.72 bits per heavy atom. The molecule has 1 unspecified atom stereocenters. The smallest absolute Gasteiger partial charge is 0.549 e. The maximum atomic E-state index is 12.1. The number of carbonyl (C=O) groups excluding carboxylic acids is 2. The average molecular weight is 445 g/mol. The standard InChI is InChI=1S/C20H38O7S.Na/c1-3-5-7-9-11-13-15-26-19(21)17-18(20(22)23)28(24,25)27-16-14-12-10-8-6-4-2;/h18H,3-17H2,1-2H3,(H,22,23);/q;+1/p-1. The van der Waals surface area contributed by atoms with Crippen LogP contribution >= 0.6 is 0 Å². The third-order valence-corrected chi connectivity index (χ3v) is 6.02. The zero-order chi connectivity index (χ0) is 21.3. The Morgan fingerprint density at radius 2 is 1.24 bits per heavy atom. The number of ether oxygens (including phenoxy) is 1. The van der Waals surface area contributed by atoms with E-state index in [4.69, 9.17) is 8.92 Å². The summed E-state index contributed by atoms with van der Waals surface area (Å²) in [5.74, 6) is -2.71. The van der Waals surface area contributed by atoms with Gasteiger partial charge in [0, 0.05) is 0 Å². The van der Waals surface area contributed by atoms with Crippen LogP contribution < -0.4 is 34.7 Å². The molecular formula is C20H37NaO7S. The van der Waals surface area contributed by atoms with Crippen molar-refractivity contribution < 1.29 is 61.6 Å². The van der Waals surface area contributed by atoms with Crippen molar-refractivity contribution in [2.75, 3.05) is 13.2 Å². The second-order valence-electron chi connectivity index (χ2n) is 7.08. The first-order valence-electron chi connectivity index (χ1n) is 10.6. The summed E-state index contributed by atoms with van der Waals surface area (Å²) in [4.78, 5) is 23.0. The van der Waals surface area contributed by atoms with Gasteiger partial charge in [0.1, 0.15) is 5.25 Å². The molecule has 0 fully saturated rings. The molecule has 0 amide bonds. The Kier molecular flexibility index (Phi) is 21.2. The van der Waals surface area contributed by atoms with E-state index in [1.54, 1.807) is 0 Å². The molecule has 0 aliphatic heterocycles. The molecule has 0 saturated carbocycles. The number of hydrogen-bond donors (Lipinski definition) is 0. The summed E-state index contributed by atoms with van der Waals surface area (Å²) in [6.45, 7) is 4.30. The number of carboxylic acid groups (broad SMARTS) is 1. The predicted octanol–water partition coefficient (Wildman–Crippen LogP) is 0.110. The van der Waals surface area contributed by atoms with Gasteiger partial charge in [0.05, 0.1) is 25.6 Å². The maximum absolute atomic E-state index is 12.1. The first-order valence-corrected chi connectivity index (χ1v) is 12.1. The maximum Gasteiger partial charge on any atom is 1.00 e. The number of esters is 1. The molecule has 0 aromatic heterocycles. The van der Waals surface area contributed by atoms with E-state index in [-0.39, 0.29) is 42.8 Å². The topological polar surface area (TPSA) is 110 Å². The molecule has 166 valence electrons. The summed E-state index contributed by atoms with van der Waals surface area (Å²) in [7, 11) is -4.42. The van der Waals surface area contributed by atoms with Crippen molar-refractivity contribution in [2.24, 2.45) is 0 Å². The van der Waals surface area contributed by atoms with Gasteiger partial charge in [-0.05, 0) is 12.8 Å². The fourth-order valence-corrected chi connectivity index (χ4v) is 3.81. The zero-order valence-corrected chi connectivity index (χ0v) is 21.3. The van der Waals surface area contributed by atoms with Gasteiger partial charge in [0.2, 0.25) is 0 Å². The number of rotatable bonds is 19. The molecule has 9 heteroatoms. The van der Waals surface area contributed by atoms with E-state index in [2.05, 4.69) is 13.8 Å². The first kappa shape index (κ1) is 31.0. The number of hydrogen-bond acceptors (Lipinski definition) is 7. The van der Waals surface area contributed by atoms with E-state index in [0.717, 1.165) is 57.8 Å². The molecule has 1 atom stereocenters. The summed E-state index contributed by atoms with van der Waals surface area (Å²) in [6.07, 6.45) is 10.9. The predicted molar refractivity (Wildman–Crippen MR) is 106 cm³/mol. The van der Waals surface area contributed by atoms with Crippen LogP contribution in [0.4, 0.5) is 0 Å². The third-order valence-electron chi connectivity index (χ3n) is 4.47. The average Bonchev–Trinajstić information content (AvgIpc) is 2.64. The number of carbonyl (C=O) groups is 2. The summed E-state index contributed by atoms with van der Waals surface area (Å²) in [6, 6.07) is 0. The molecule has 0 aliphatic rings. The van der Waals surface area contributed by atoms with Gasteiger partial charge >= 0.3 is 35.5 Å². The molecule has 0 aliphatic carbocycles. The van der Waals surface area contributed by atoms with Crippen LogP contribution in [0.1, 0.15) is 97.3 Å². The van der Waals surface area contributed by atoms with Gasteiger partial charge in [-0.25, -0.2) is 0 Å². The van der Waals surface area contributed by atoms with Crippen LogP contribution in [0, 0.1) is 0 Å². The summed E-state index contributed by atoms with van der Waals surface area (Å²) in [5, 5.41) is 9.15. The van der Waals surface area contributed by atoms with E-state index in [0.29, 0.717) is 12.8 Å². The molecular weight excluding hydrogens is 407 g/mol. The largest absolute Gasteiger partial charge is 1.00 e. The Labute approximate surface area is 198 Å². The fraction of sp³-hybridized carbons (Fsp3) is 0.900. The van der Waals surface area contributed by atoms with Crippen LogP contribution in [0.5, 0.6) is 0 Å². The molecule has 0 radical (unpaired) electrons. The Morgan fingerprint density at radius 1 is 0.793 bits per heavy atom. The summed E-state index contributed by atoms with van der Waals surface area (Å²) >= 11 is 0. The van der Waals surface area contributed by atoms with E-state index in [9.17, 15) is 23.1 Å². The van der Waals surface area contributed by atoms with Crippen molar-refractivity contribution in [3.63, 3.8) is 0 Å². The van der Waals surface area contributed by atoms with Crippen molar-refractivity contribution in [3.05, 3.63) is 0 Å². The zero-order valence-electron chi connectivity index (χ0n) is 18.4. The summed E-state index contributed by atoms with van der Waals surface area (Å²) < 4.78 is 33.9. The van der Waals surface area contributed by atoms with Gasteiger partial charge in [-0.15, -0.1) is 0 Å². The minimum Gasteiger partial charge on any atom is -0.549 e. The number of unbranched alkanes of at least 4 members (excludes halogenated alkanes) is 10. The molecule has 7 nitrogen and oxygen atoms in total. The van der Waals surface area contributed by atoms with Gasteiger partial charge < -0.3 is 14.6 Å². The van der Waals surface area contributed by atoms with Gasteiger partial charge in [-0.3, -0.25) is 8.98 Å². The second-order valence-corrected chi connectivity index (χ2v) is 8.87. The second kappa shape index (κ2) is 19.8. The molecule has 29 heavy (non-hydrogen) atoms. The van der Waals surface area contributed by atoms with Crippen LogP contribution in [-0.4, -0.2) is 38.8 Å². The normalized spacial score (nSPS) is 12.2. The summed E-state index contributed by atoms with van der Waals surface area (Å²) in [5.41, 5.74) is 0. The van der Waals surface area contributed by atoms with Crippen molar-refractivity contribution in [2.45, 2.75) is 103 Å². The van der Waals surface area contributed by atoms with E-state index in [1.165, 1.54) is 6.42 Å². The molecule has 0 aromatic rings. The van der Waals surface area contributed by atoms with Crippen molar-refractivity contribution >= 4 is 22.1 Å². The van der Waals surface area contributed by atoms with Gasteiger partial charge in [-0.1, -0.05) is 78.1 Å². The van der Waals surface area contributed by atoms with Gasteiger partial charge in [-0.2, -0.15) is 8.42 Å². The van der Waals surface area contributed by atoms with Crippen LogP contribution in [0.2, 0.25) is 0 Å². The third kappa shape index (κ3) is 17.2. The monoisotopic (exact) mass is 444 g/mol. The molecule has 0 bridgehead atoms. The molecule has 0 spiro atoms. The van der Waals surface area contributed by atoms with Crippen LogP contribution in [0.25, 0.3) is 0 Å². The van der Waals surface area contributed by atoms with Crippen molar-refractivity contribution in [3.8, 4) is 0 Å². The Hall–Kier alpha value is -0.150. The SMILES string of the molecule is CCCCCCCCOC(=O)CC(C(=O)[O-])S(=O)(=O)OCCCCCCCC.[Na+]. The van der Waals surface area contributed by atoms with E-state index >= 15 is 0 Å². The number of aliphatic carboxylic acids is 1.